The number of benzene rings is 1. The molecule has 5 nitrogen and oxygen atoms in total. The van der Waals surface area contributed by atoms with Crippen LogP contribution in [0.1, 0.15) is 25.8 Å². The molecule has 0 aliphatic rings. The summed E-state index contributed by atoms with van der Waals surface area (Å²) >= 11 is 0. The van der Waals surface area contributed by atoms with Crippen LogP contribution in [0.15, 0.2) is 28.9 Å². The Morgan fingerprint density at radius 1 is 1.41 bits per heavy atom. The van der Waals surface area contributed by atoms with Crippen LogP contribution in [0, 0.1) is 5.92 Å². The number of nitrogens with two attached hydrogens (primary N) is 1. The maximum absolute atomic E-state index is 12.2. The summed E-state index contributed by atoms with van der Waals surface area (Å²) < 4.78 is 10.7. The molecule has 0 bridgehead atoms. The molecule has 2 rings (SSSR count). The van der Waals surface area contributed by atoms with E-state index in [0.29, 0.717) is 12.5 Å². The van der Waals surface area contributed by atoms with Crippen LogP contribution in [0.2, 0.25) is 0 Å². The molecule has 2 aromatic rings. The normalized spacial score (nSPS) is 12.6. The quantitative estimate of drug-likeness (QED) is 0.824. The van der Waals surface area contributed by atoms with Crippen LogP contribution in [-0.4, -0.2) is 25.6 Å². The maximum atomic E-state index is 12.2. The van der Waals surface area contributed by atoms with Crippen molar-refractivity contribution >= 4 is 16.9 Å². The Morgan fingerprint density at radius 3 is 2.82 bits per heavy atom. The lowest BCUT2D eigenvalue weighted by Gasteiger charge is -2.18. The lowest BCUT2D eigenvalue weighted by atomic mass is 10.0. The number of fused-ring (bicyclic) bond motifs is 1. The summed E-state index contributed by atoms with van der Waals surface area (Å²) in [4.78, 5) is 12.2. The summed E-state index contributed by atoms with van der Waals surface area (Å²) in [7, 11) is 1.61. The minimum absolute atomic E-state index is 0.0192. The summed E-state index contributed by atoms with van der Waals surface area (Å²) in [6, 6.07) is 5.61. The zero-order valence-electron chi connectivity index (χ0n) is 13.4. The van der Waals surface area contributed by atoms with Gasteiger partial charge in [-0.1, -0.05) is 13.8 Å². The molecule has 1 amide bonds. The van der Waals surface area contributed by atoms with Gasteiger partial charge in [0, 0.05) is 29.6 Å². The van der Waals surface area contributed by atoms with Crippen LogP contribution < -0.4 is 15.8 Å². The van der Waals surface area contributed by atoms with Gasteiger partial charge in [0.25, 0.3) is 0 Å². The molecule has 0 radical (unpaired) electrons. The predicted molar refractivity (Wildman–Crippen MR) is 86.9 cm³/mol. The number of methoxy groups -OCH3 is 1. The third kappa shape index (κ3) is 4.01. The number of amides is 1. The minimum atomic E-state index is -0.0328. The van der Waals surface area contributed by atoms with Crippen LogP contribution in [-0.2, 0) is 11.2 Å². The predicted octanol–water partition coefficient (Wildman–Crippen LogP) is 2.47. The molecule has 1 aromatic heterocycles. The molecular formula is C17H24N2O3. The van der Waals surface area contributed by atoms with Crippen LogP contribution in [0.25, 0.3) is 11.0 Å². The second kappa shape index (κ2) is 7.31. The molecule has 1 unspecified atom stereocenters. The van der Waals surface area contributed by atoms with Gasteiger partial charge in [-0.05, 0) is 24.5 Å². The van der Waals surface area contributed by atoms with E-state index in [-0.39, 0.29) is 18.4 Å². The first-order chi connectivity index (χ1) is 10.5. The lowest BCUT2D eigenvalue weighted by Crippen LogP contribution is -2.41. The average molecular weight is 304 g/mol. The molecule has 22 heavy (non-hydrogen) atoms. The van der Waals surface area contributed by atoms with Gasteiger partial charge in [0.1, 0.15) is 11.3 Å². The zero-order chi connectivity index (χ0) is 16.1. The molecule has 5 heteroatoms. The molecule has 0 aliphatic heterocycles. The van der Waals surface area contributed by atoms with Crippen molar-refractivity contribution < 1.29 is 13.9 Å². The molecule has 0 saturated heterocycles. The van der Waals surface area contributed by atoms with Crippen molar-refractivity contribution in [2.75, 3.05) is 13.7 Å². The summed E-state index contributed by atoms with van der Waals surface area (Å²) in [5, 5.41) is 3.93. The molecule has 0 saturated carbocycles. The van der Waals surface area contributed by atoms with Crippen molar-refractivity contribution in [3.05, 3.63) is 30.0 Å². The highest BCUT2D eigenvalue weighted by molar-refractivity contribution is 5.88. The third-order valence-corrected chi connectivity index (χ3v) is 3.62. The van der Waals surface area contributed by atoms with Gasteiger partial charge >= 0.3 is 0 Å². The zero-order valence-corrected chi connectivity index (χ0v) is 13.4. The Morgan fingerprint density at radius 2 is 2.18 bits per heavy atom. The fourth-order valence-electron chi connectivity index (χ4n) is 2.56. The van der Waals surface area contributed by atoms with Gasteiger partial charge in [0.05, 0.1) is 19.8 Å². The van der Waals surface area contributed by atoms with E-state index in [2.05, 4.69) is 19.2 Å². The Hall–Kier alpha value is -2.01. The van der Waals surface area contributed by atoms with Crippen LogP contribution in [0.5, 0.6) is 5.75 Å². The van der Waals surface area contributed by atoms with Crippen molar-refractivity contribution in [3.8, 4) is 5.75 Å². The van der Waals surface area contributed by atoms with E-state index >= 15 is 0 Å². The first-order valence-corrected chi connectivity index (χ1v) is 7.57. The maximum Gasteiger partial charge on any atom is 0.224 e. The molecule has 120 valence electrons. The molecule has 1 atom stereocenters. The largest absolute Gasteiger partial charge is 0.497 e. The highest BCUT2D eigenvalue weighted by Crippen LogP contribution is 2.25. The van der Waals surface area contributed by atoms with E-state index in [9.17, 15) is 4.79 Å². The first kappa shape index (κ1) is 16.4. The van der Waals surface area contributed by atoms with E-state index in [0.717, 1.165) is 28.7 Å². The van der Waals surface area contributed by atoms with Gasteiger partial charge in [0.15, 0.2) is 0 Å². The number of nitrogens with one attached hydrogen (secondary N) is 1. The van der Waals surface area contributed by atoms with E-state index in [4.69, 9.17) is 14.9 Å². The SMILES string of the molecule is COc1ccc2c(CC(=O)NC(CN)CC(C)C)coc2c1. The van der Waals surface area contributed by atoms with Crippen molar-refractivity contribution in [2.45, 2.75) is 32.7 Å². The summed E-state index contributed by atoms with van der Waals surface area (Å²) in [5.74, 6) is 1.20. The number of hydrogen-bond acceptors (Lipinski definition) is 4. The van der Waals surface area contributed by atoms with Gasteiger partial charge in [-0.25, -0.2) is 0 Å². The summed E-state index contributed by atoms with van der Waals surface area (Å²) in [6.45, 7) is 4.69. The molecule has 0 fully saturated rings. The first-order valence-electron chi connectivity index (χ1n) is 7.57. The molecule has 1 aromatic carbocycles. The van der Waals surface area contributed by atoms with Gasteiger partial charge in [0.2, 0.25) is 5.91 Å². The smallest absolute Gasteiger partial charge is 0.224 e. The van der Waals surface area contributed by atoms with Gasteiger partial charge in [-0.3, -0.25) is 4.79 Å². The van der Waals surface area contributed by atoms with Gasteiger partial charge in [-0.15, -0.1) is 0 Å². The van der Waals surface area contributed by atoms with E-state index in [1.165, 1.54) is 0 Å². The molecule has 0 aliphatic carbocycles. The van der Waals surface area contributed by atoms with Crippen LogP contribution in [0.3, 0.4) is 0 Å². The molecule has 1 heterocycles. The van der Waals surface area contributed by atoms with Crippen molar-refractivity contribution in [1.82, 2.24) is 5.32 Å². The van der Waals surface area contributed by atoms with Crippen molar-refractivity contribution in [2.24, 2.45) is 11.7 Å². The third-order valence-electron chi connectivity index (χ3n) is 3.62. The highest BCUT2D eigenvalue weighted by atomic mass is 16.5. The standard InChI is InChI=1S/C17H24N2O3/c1-11(2)6-13(9-18)19-17(20)7-12-10-22-16-8-14(21-3)4-5-15(12)16/h4-5,8,10-11,13H,6-7,9,18H2,1-3H3,(H,19,20). The van der Waals surface area contributed by atoms with Crippen LogP contribution >= 0.6 is 0 Å². The van der Waals surface area contributed by atoms with Crippen molar-refractivity contribution in [1.29, 1.82) is 0 Å². The Bertz CT molecular complexity index is 634. The number of furan rings is 1. The van der Waals surface area contributed by atoms with E-state index in [1.807, 2.05) is 18.2 Å². The Balaban J connectivity index is 2.05. The molecule has 3 N–H and O–H groups in total. The number of hydrogen-bond donors (Lipinski definition) is 2. The van der Waals surface area contributed by atoms with Gasteiger partial charge < -0.3 is 20.2 Å². The van der Waals surface area contributed by atoms with Gasteiger partial charge in [-0.2, -0.15) is 0 Å². The summed E-state index contributed by atoms with van der Waals surface area (Å²) in [6.07, 6.45) is 2.79. The highest BCUT2D eigenvalue weighted by Gasteiger charge is 2.15. The fourth-order valence-corrected chi connectivity index (χ4v) is 2.56. The Labute approximate surface area is 130 Å². The summed E-state index contributed by atoms with van der Waals surface area (Å²) in [5.41, 5.74) is 7.31. The second-order valence-electron chi connectivity index (χ2n) is 5.93. The monoisotopic (exact) mass is 304 g/mol. The average Bonchev–Trinajstić information content (AvgIpc) is 2.88. The molecular weight excluding hydrogens is 280 g/mol. The number of rotatable bonds is 7. The lowest BCUT2D eigenvalue weighted by molar-refractivity contribution is -0.121. The number of carbonyl (C=O) groups is 1. The van der Waals surface area contributed by atoms with Crippen LogP contribution in [0.4, 0.5) is 0 Å². The van der Waals surface area contributed by atoms with E-state index < -0.39 is 0 Å². The van der Waals surface area contributed by atoms with E-state index in [1.54, 1.807) is 13.4 Å². The number of carbonyl (C=O) groups excluding carboxylic acids is 1. The fraction of sp³-hybridized carbons (Fsp3) is 0.471. The van der Waals surface area contributed by atoms with Crippen molar-refractivity contribution in [3.63, 3.8) is 0 Å². The molecule has 0 spiro atoms. The topological polar surface area (TPSA) is 77.5 Å². The minimum Gasteiger partial charge on any atom is -0.497 e. The second-order valence-corrected chi connectivity index (χ2v) is 5.93. The number of ether oxygens (including phenoxy) is 1. The Kier molecular flexibility index (Phi) is 5.44.